The van der Waals surface area contributed by atoms with Crippen LogP contribution in [0.25, 0.3) is 0 Å². The van der Waals surface area contributed by atoms with Gasteiger partial charge in [-0.3, -0.25) is 9.89 Å². The second-order valence-corrected chi connectivity index (χ2v) is 6.75. The van der Waals surface area contributed by atoms with Crippen LogP contribution < -0.4 is 5.32 Å². The van der Waals surface area contributed by atoms with E-state index in [2.05, 4.69) is 33.5 Å². The number of benzene rings is 2. The summed E-state index contributed by atoms with van der Waals surface area (Å²) < 4.78 is 0. The van der Waals surface area contributed by atoms with Crippen LogP contribution in [0, 0.1) is 6.92 Å². The largest absolute Gasteiger partial charge is 0.345 e. The van der Waals surface area contributed by atoms with E-state index >= 15 is 0 Å². The van der Waals surface area contributed by atoms with Crippen molar-refractivity contribution in [2.45, 2.75) is 30.8 Å². The first-order valence-electron chi connectivity index (χ1n) is 8.07. The molecule has 6 heteroatoms. The van der Waals surface area contributed by atoms with Gasteiger partial charge >= 0.3 is 0 Å². The minimum absolute atomic E-state index is 0.0521. The number of aryl methyl sites for hydroxylation is 1. The molecule has 1 heterocycles. The van der Waals surface area contributed by atoms with Gasteiger partial charge in [0.15, 0.2) is 5.16 Å². The van der Waals surface area contributed by atoms with Crippen LogP contribution in [0.15, 0.2) is 60.0 Å². The van der Waals surface area contributed by atoms with Crippen molar-refractivity contribution in [1.82, 2.24) is 20.5 Å². The number of H-pyrrole nitrogens is 1. The van der Waals surface area contributed by atoms with Crippen molar-refractivity contribution >= 4 is 17.7 Å². The summed E-state index contributed by atoms with van der Waals surface area (Å²) in [7, 11) is 0. The molecule has 25 heavy (non-hydrogen) atoms. The van der Waals surface area contributed by atoms with E-state index in [1.807, 2.05) is 49.4 Å². The lowest BCUT2D eigenvalue weighted by Crippen LogP contribution is -2.27. The smallest absolute Gasteiger partial charge is 0.252 e. The topological polar surface area (TPSA) is 70.7 Å². The molecule has 128 valence electrons. The molecule has 0 spiro atoms. The normalized spacial score (nSPS) is 11.9. The predicted octanol–water partition coefficient (Wildman–Crippen LogP) is 3.90. The third-order valence-electron chi connectivity index (χ3n) is 4.02. The van der Waals surface area contributed by atoms with Crippen molar-refractivity contribution < 1.29 is 4.79 Å². The first-order valence-corrected chi connectivity index (χ1v) is 9.06. The van der Waals surface area contributed by atoms with Crippen molar-refractivity contribution in [3.63, 3.8) is 0 Å². The Kier molecular flexibility index (Phi) is 5.50. The molecule has 1 atom stereocenters. The van der Waals surface area contributed by atoms with Crippen molar-refractivity contribution in [3.8, 4) is 0 Å². The number of aromatic amines is 1. The van der Waals surface area contributed by atoms with E-state index in [1.165, 1.54) is 23.7 Å². The van der Waals surface area contributed by atoms with E-state index in [1.54, 1.807) is 0 Å². The van der Waals surface area contributed by atoms with Crippen molar-refractivity contribution in [1.29, 1.82) is 0 Å². The minimum Gasteiger partial charge on any atom is -0.345 e. The maximum absolute atomic E-state index is 12.8. The molecule has 0 aliphatic rings. The van der Waals surface area contributed by atoms with Crippen LogP contribution in [0.3, 0.4) is 0 Å². The maximum Gasteiger partial charge on any atom is 0.252 e. The quantitative estimate of drug-likeness (QED) is 0.660. The molecule has 0 saturated carbocycles. The molecule has 1 unspecified atom stereocenters. The Morgan fingerprint density at radius 1 is 1.20 bits per heavy atom. The number of nitrogens with one attached hydrogen (secondary N) is 2. The number of aromatic nitrogens is 3. The number of hydrogen-bond donors (Lipinski definition) is 2. The fourth-order valence-corrected chi connectivity index (χ4v) is 3.49. The van der Waals surface area contributed by atoms with E-state index < -0.39 is 0 Å². The van der Waals surface area contributed by atoms with Gasteiger partial charge in [-0.05, 0) is 36.6 Å². The highest BCUT2D eigenvalue weighted by Crippen LogP contribution is 2.22. The van der Waals surface area contributed by atoms with Crippen LogP contribution in [0.5, 0.6) is 0 Å². The zero-order chi connectivity index (χ0) is 17.6. The summed E-state index contributed by atoms with van der Waals surface area (Å²) in [5.74, 6) is 0.585. The number of hydrogen-bond acceptors (Lipinski definition) is 4. The molecule has 0 bridgehead atoms. The van der Waals surface area contributed by atoms with Crippen LogP contribution >= 0.6 is 11.8 Å². The molecule has 0 saturated heterocycles. The van der Waals surface area contributed by atoms with Gasteiger partial charge in [0.1, 0.15) is 6.33 Å². The highest BCUT2D eigenvalue weighted by atomic mass is 32.2. The van der Waals surface area contributed by atoms with Crippen LogP contribution in [-0.2, 0) is 5.75 Å². The number of amides is 1. The van der Waals surface area contributed by atoms with E-state index in [4.69, 9.17) is 0 Å². The average Bonchev–Trinajstić information content (AvgIpc) is 3.14. The lowest BCUT2D eigenvalue weighted by atomic mass is 10.0. The highest BCUT2D eigenvalue weighted by Gasteiger charge is 2.16. The first-order chi connectivity index (χ1) is 12.1. The number of carbonyl (C=O) groups excluding carboxylic acids is 1. The fraction of sp³-hybridized carbons (Fsp3) is 0.211. The van der Waals surface area contributed by atoms with Gasteiger partial charge in [-0.2, -0.15) is 5.10 Å². The Labute approximate surface area is 151 Å². The van der Waals surface area contributed by atoms with Gasteiger partial charge in [0, 0.05) is 11.3 Å². The summed E-state index contributed by atoms with van der Waals surface area (Å²) in [4.78, 5) is 16.9. The molecule has 1 aromatic heterocycles. The second kappa shape index (κ2) is 7.98. The van der Waals surface area contributed by atoms with Gasteiger partial charge in [0.25, 0.3) is 5.91 Å². The van der Waals surface area contributed by atoms with Crippen LogP contribution in [0.1, 0.15) is 40.0 Å². The average molecular weight is 352 g/mol. The molecule has 0 fully saturated rings. The summed E-state index contributed by atoms with van der Waals surface area (Å²) in [6.45, 7) is 4.06. The Morgan fingerprint density at radius 2 is 1.96 bits per heavy atom. The number of rotatable bonds is 6. The van der Waals surface area contributed by atoms with Crippen molar-refractivity contribution in [2.24, 2.45) is 0 Å². The fourth-order valence-electron chi connectivity index (χ4n) is 2.70. The SMILES string of the molecule is Cc1ccccc1C(C)NC(=O)c1ccccc1CSc1ncn[nH]1. The lowest BCUT2D eigenvalue weighted by molar-refractivity contribution is 0.0939. The molecule has 5 nitrogen and oxygen atoms in total. The lowest BCUT2D eigenvalue weighted by Gasteiger charge is -2.17. The molecule has 0 radical (unpaired) electrons. The number of thioether (sulfide) groups is 1. The van der Waals surface area contributed by atoms with Crippen molar-refractivity contribution in [3.05, 3.63) is 77.1 Å². The summed E-state index contributed by atoms with van der Waals surface area (Å²) in [5.41, 5.74) is 3.96. The highest BCUT2D eigenvalue weighted by molar-refractivity contribution is 7.98. The third-order valence-corrected chi connectivity index (χ3v) is 4.95. The zero-order valence-electron chi connectivity index (χ0n) is 14.2. The Bertz CT molecular complexity index is 848. The molecule has 2 aromatic carbocycles. The zero-order valence-corrected chi connectivity index (χ0v) is 15.0. The summed E-state index contributed by atoms with van der Waals surface area (Å²) in [5, 5.41) is 10.5. The van der Waals surface area contributed by atoms with E-state index in [0.29, 0.717) is 11.3 Å². The molecule has 0 aliphatic carbocycles. The molecule has 3 aromatic rings. The predicted molar refractivity (Wildman–Crippen MR) is 99.4 cm³/mol. The van der Waals surface area contributed by atoms with E-state index in [0.717, 1.165) is 16.3 Å². The third kappa shape index (κ3) is 4.28. The van der Waals surface area contributed by atoms with E-state index in [9.17, 15) is 4.79 Å². The number of carbonyl (C=O) groups is 1. The standard InChI is InChI=1S/C19H20N4OS/c1-13-7-3-5-9-16(13)14(2)22-18(24)17-10-6-4-8-15(17)11-25-19-20-12-21-23-19/h3-10,12,14H,11H2,1-2H3,(H,22,24)(H,20,21,23). The van der Waals surface area contributed by atoms with Gasteiger partial charge in [-0.25, -0.2) is 4.98 Å². The van der Waals surface area contributed by atoms with Crippen LogP contribution in [0.4, 0.5) is 0 Å². The summed E-state index contributed by atoms with van der Waals surface area (Å²) in [6, 6.07) is 15.7. The molecular weight excluding hydrogens is 332 g/mol. The Hall–Kier alpha value is -2.60. The van der Waals surface area contributed by atoms with Gasteiger partial charge in [-0.1, -0.05) is 54.2 Å². The second-order valence-electron chi connectivity index (χ2n) is 5.79. The molecule has 3 rings (SSSR count). The van der Waals surface area contributed by atoms with Gasteiger partial charge in [-0.15, -0.1) is 0 Å². The monoisotopic (exact) mass is 352 g/mol. The van der Waals surface area contributed by atoms with Gasteiger partial charge in [0.05, 0.1) is 6.04 Å². The summed E-state index contributed by atoms with van der Waals surface area (Å²) >= 11 is 1.52. The molecule has 1 amide bonds. The molecule has 0 aliphatic heterocycles. The number of nitrogens with zero attached hydrogens (tertiary/aromatic N) is 2. The first kappa shape index (κ1) is 17.2. The van der Waals surface area contributed by atoms with Gasteiger partial charge in [0.2, 0.25) is 0 Å². The van der Waals surface area contributed by atoms with E-state index in [-0.39, 0.29) is 11.9 Å². The Morgan fingerprint density at radius 3 is 2.72 bits per heavy atom. The molecule has 2 N–H and O–H groups in total. The van der Waals surface area contributed by atoms with Gasteiger partial charge < -0.3 is 5.32 Å². The van der Waals surface area contributed by atoms with Crippen molar-refractivity contribution in [2.75, 3.05) is 0 Å². The van der Waals surface area contributed by atoms with Crippen LogP contribution in [-0.4, -0.2) is 21.1 Å². The maximum atomic E-state index is 12.8. The minimum atomic E-state index is -0.0653. The Balaban J connectivity index is 1.72. The van der Waals surface area contributed by atoms with Crippen LogP contribution in [0.2, 0.25) is 0 Å². The summed E-state index contributed by atoms with van der Waals surface area (Å²) in [6.07, 6.45) is 1.48. The molecular formula is C19H20N4OS.